The molecule has 3 rings (SSSR count). The second-order valence-corrected chi connectivity index (χ2v) is 10.3. The van der Waals surface area contributed by atoms with Crippen molar-refractivity contribution in [1.82, 2.24) is 0 Å². The first-order valence-corrected chi connectivity index (χ1v) is 11.5. The summed E-state index contributed by atoms with van der Waals surface area (Å²) in [7, 11) is -1.58. The third kappa shape index (κ3) is 3.73. The molecule has 3 atom stereocenters. The van der Waals surface area contributed by atoms with E-state index in [2.05, 4.69) is 4.99 Å². The number of hydrogen-bond donors (Lipinski definition) is 0. The fourth-order valence-electron chi connectivity index (χ4n) is 3.08. The summed E-state index contributed by atoms with van der Waals surface area (Å²) in [4.78, 5) is 18.5. The highest BCUT2D eigenvalue weighted by Crippen LogP contribution is 2.44. The van der Waals surface area contributed by atoms with Gasteiger partial charge in [0.1, 0.15) is 5.75 Å². The lowest BCUT2D eigenvalue weighted by atomic mass is 10.1. The van der Waals surface area contributed by atoms with Crippen LogP contribution in [0, 0.1) is 5.92 Å². The molecule has 0 bridgehead atoms. The van der Waals surface area contributed by atoms with Crippen molar-refractivity contribution < 1.29 is 17.9 Å². The van der Waals surface area contributed by atoms with E-state index in [-0.39, 0.29) is 34.6 Å². The average Bonchev–Trinajstić information content (AvgIpc) is 3.04. The number of amides is 1. The number of nitrogens with zero attached hydrogens (tertiary/aromatic N) is 2. The van der Waals surface area contributed by atoms with Crippen molar-refractivity contribution in [2.24, 2.45) is 10.9 Å². The summed E-state index contributed by atoms with van der Waals surface area (Å²) in [5, 5.41) is 0.857. The van der Waals surface area contributed by atoms with Crippen molar-refractivity contribution in [3.8, 4) is 5.75 Å². The number of anilines is 1. The van der Waals surface area contributed by atoms with Crippen molar-refractivity contribution in [2.45, 2.75) is 31.6 Å². The lowest BCUT2D eigenvalue weighted by Crippen LogP contribution is -2.38. The van der Waals surface area contributed by atoms with Crippen LogP contribution in [0.3, 0.4) is 0 Å². The molecule has 2 heterocycles. The summed E-state index contributed by atoms with van der Waals surface area (Å²) in [5.74, 6) is 0.276. The van der Waals surface area contributed by atoms with Gasteiger partial charge in [-0.25, -0.2) is 8.42 Å². The van der Waals surface area contributed by atoms with Gasteiger partial charge in [0.2, 0.25) is 0 Å². The van der Waals surface area contributed by atoms with E-state index in [0.29, 0.717) is 28.0 Å². The molecule has 142 valence electrons. The number of aliphatic imine (C=N–C) groups is 1. The molecule has 0 aliphatic carbocycles. The molecule has 0 spiro atoms. The first-order chi connectivity index (χ1) is 12.3. The van der Waals surface area contributed by atoms with Gasteiger partial charge in [0, 0.05) is 16.2 Å². The zero-order valence-corrected chi connectivity index (χ0v) is 17.2. The van der Waals surface area contributed by atoms with Crippen LogP contribution >= 0.6 is 23.4 Å². The Morgan fingerprint density at radius 2 is 2.19 bits per heavy atom. The monoisotopic (exact) mass is 416 g/mol. The smallest absolute Gasteiger partial charge is 0.250 e. The maximum atomic E-state index is 12.4. The van der Waals surface area contributed by atoms with Crippen LogP contribution < -0.4 is 9.64 Å². The Hall–Kier alpha value is -1.25. The van der Waals surface area contributed by atoms with Crippen molar-refractivity contribution >= 4 is 50.0 Å². The lowest BCUT2D eigenvalue weighted by molar-refractivity contribution is -0.121. The molecule has 0 aromatic heterocycles. The van der Waals surface area contributed by atoms with Crippen LogP contribution in [0.5, 0.6) is 5.75 Å². The largest absolute Gasteiger partial charge is 0.495 e. The van der Waals surface area contributed by atoms with E-state index in [1.807, 2.05) is 18.7 Å². The number of thioether (sulfide) groups is 1. The van der Waals surface area contributed by atoms with Crippen LogP contribution in [0.2, 0.25) is 5.02 Å². The molecule has 2 saturated heterocycles. The molecule has 3 unspecified atom stereocenters. The predicted molar refractivity (Wildman–Crippen MR) is 106 cm³/mol. The zero-order chi connectivity index (χ0) is 19.1. The van der Waals surface area contributed by atoms with E-state index in [4.69, 9.17) is 16.3 Å². The molecule has 1 aromatic rings. The molecule has 0 saturated carbocycles. The maximum absolute atomic E-state index is 12.4. The van der Waals surface area contributed by atoms with Crippen LogP contribution in [0.1, 0.15) is 20.3 Å². The molecular weight excluding hydrogens is 396 g/mol. The number of ether oxygens (including phenoxy) is 1. The molecule has 2 fully saturated rings. The van der Waals surface area contributed by atoms with E-state index < -0.39 is 9.84 Å². The van der Waals surface area contributed by atoms with Gasteiger partial charge < -0.3 is 9.64 Å². The Labute approximate surface area is 162 Å². The molecule has 9 heteroatoms. The van der Waals surface area contributed by atoms with E-state index in [0.717, 1.165) is 0 Å². The van der Waals surface area contributed by atoms with Gasteiger partial charge in [-0.15, -0.1) is 0 Å². The van der Waals surface area contributed by atoms with Crippen molar-refractivity contribution in [3.05, 3.63) is 23.2 Å². The van der Waals surface area contributed by atoms with Gasteiger partial charge in [-0.1, -0.05) is 37.2 Å². The number of hydrogen-bond acceptors (Lipinski definition) is 5. The van der Waals surface area contributed by atoms with Gasteiger partial charge >= 0.3 is 0 Å². The summed E-state index contributed by atoms with van der Waals surface area (Å²) < 4.78 is 29.7. The fraction of sp³-hybridized carbons (Fsp3) is 0.529. The fourth-order valence-corrected chi connectivity index (χ4v) is 7.16. The molecule has 2 aliphatic rings. The Kier molecular flexibility index (Phi) is 5.55. The minimum Gasteiger partial charge on any atom is -0.495 e. The molecular formula is C17H21ClN2O4S2. The highest BCUT2D eigenvalue weighted by Gasteiger charge is 2.50. The van der Waals surface area contributed by atoms with Gasteiger partial charge in [-0.3, -0.25) is 4.79 Å². The van der Waals surface area contributed by atoms with Gasteiger partial charge in [0.15, 0.2) is 15.0 Å². The number of carbonyl (C=O) groups is 1. The number of fused-ring (bicyclic) bond motifs is 1. The van der Waals surface area contributed by atoms with Crippen LogP contribution in [-0.4, -0.2) is 49.4 Å². The standard InChI is InChI=1S/C17H21ClN2O4S2/c1-4-10(2)16(21)19-17-20(12-7-11(18)5-6-14(12)24-3)13-8-26(22,23)9-15(13)25-17/h5-7,10,13,15H,4,8-9H2,1-3H3. The van der Waals surface area contributed by atoms with E-state index in [1.54, 1.807) is 25.3 Å². The number of halogens is 1. The van der Waals surface area contributed by atoms with E-state index in [9.17, 15) is 13.2 Å². The lowest BCUT2D eigenvalue weighted by Gasteiger charge is -2.26. The number of benzene rings is 1. The van der Waals surface area contributed by atoms with Crippen LogP contribution in [0.25, 0.3) is 0 Å². The summed E-state index contributed by atoms with van der Waals surface area (Å²) in [6, 6.07) is 4.86. The number of sulfone groups is 1. The van der Waals surface area contributed by atoms with Crippen molar-refractivity contribution in [1.29, 1.82) is 0 Å². The molecule has 2 aliphatic heterocycles. The molecule has 1 amide bonds. The molecule has 0 N–H and O–H groups in total. The van der Waals surface area contributed by atoms with Crippen molar-refractivity contribution in [3.63, 3.8) is 0 Å². The van der Waals surface area contributed by atoms with Gasteiger partial charge in [-0.05, 0) is 24.6 Å². The maximum Gasteiger partial charge on any atom is 0.250 e. The summed E-state index contributed by atoms with van der Waals surface area (Å²) in [6.45, 7) is 3.77. The second-order valence-electron chi connectivity index (χ2n) is 6.53. The minimum atomic E-state index is -3.13. The number of carbonyl (C=O) groups excluding carboxylic acids is 1. The molecule has 1 aromatic carbocycles. The summed E-state index contributed by atoms with van der Waals surface area (Å²) in [6.07, 6.45) is 0.696. The topological polar surface area (TPSA) is 76.0 Å². The number of amidine groups is 1. The normalized spacial score (nSPS) is 26.8. The minimum absolute atomic E-state index is 0.0247. The Morgan fingerprint density at radius 3 is 2.85 bits per heavy atom. The molecule has 6 nitrogen and oxygen atoms in total. The number of methoxy groups -OCH3 is 1. The quantitative estimate of drug-likeness (QED) is 0.750. The first-order valence-electron chi connectivity index (χ1n) is 8.38. The highest BCUT2D eigenvalue weighted by atomic mass is 35.5. The third-order valence-corrected chi connectivity index (χ3v) is 8.15. The Morgan fingerprint density at radius 1 is 1.46 bits per heavy atom. The average molecular weight is 417 g/mol. The summed E-state index contributed by atoms with van der Waals surface area (Å²) >= 11 is 7.51. The third-order valence-electron chi connectivity index (χ3n) is 4.71. The zero-order valence-electron chi connectivity index (χ0n) is 14.8. The highest BCUT2D eigenvalue weighted by molar-refractivity contribution is 8.16. The Balaban J connectivity index is 2.08. The molecule has 0 radical (unpaired) electrons. The Bertz CT molecular complexity index is 856. The first kappa shape index (κ1) is 19.5. The van der Waals surface area contributed by atoms with Crippen molar-refractivity contribution in [2.75, 3.05) is 23.5 Å². The SMILES string of the molecule is CCC(C)C(=O)N=C1SC2CS(=O)(=O)CC2N1c1cc(Cl)ccc1OC. The van der Waals surface area contributed by atoms with Crippen LogP contribution in [-0.2, 0) is 14.6 Å². The van der Waals surface area contributed by atoms with Gasteiger partial charge in [0.25, 0.3) is 5.91 Å². The summed E-state index contributed by atoms with van der Waals surface area (Å²) in [5.41, 5.74) is 0.632. The van der Waals surface area contributed by atoms with Gasteiger partial charge in [-0.2, -0.15) is 4.99 Å². The number of rotatable bonds is 4. The van der Waals surface area contributed by atoms with Crippen LogP contribution in [0.4, 0.5) is 5.69 Å². The van der Waals surface area contributed by atoms with Gasteiger partial charge in [0.05, 0.1) is 30.3 Å². The predicted octanol–water partition coefficient (Wildman–Crippen LogP) is 3.00. The van der Waals surface area contributed by atoms with E-state index in [1.165, 1.54) is 11.8 Å². The van der Waals surface area contributed by atoms with E-state index >= 15 is 0 Å². The van der Waals surface area contributed by atoms with Crippen LogP contribution in [0.15, 0.2) is 23.2 Å². The second kappa shape index (κ2) is 7.40. The molecule has 26 heavy (non-hydrogen) atoms.